The first kappa shape index (κ1) is 14.1. The molecule has 0 fully saturated rings. The summed E-state index contributed by atoms with van der Waals surface area (Å²) in [6, 6.07) is 1.97. The van der Waals surface area contributed by atoms with Crippen LogP contribution in [-0.4, -0.2) is 24.7 Å². The van der Waals surface area contributed by atoms with Gasteiger partial charge in [-0.1, -0.05) is 26.7 Å². The molecule has 0 saturated heterocycles. The highest BCUT2D eigenvalue weighted by Crippen LogP contribution is 2.29. The van der Waals surface area contributed by atoms with Crippen LogP contribution in [0.4, 0.5) is 0 Å². The molecule has 2 rings (SSSR count). The first-order valence-electron chi connectivity index (χ1n) is 7.28. The Kier molecular flexibility index (Phi) is 5.45. The summed E-state index contributed by atoms with van der Waals surface area (Å²) in [6.45, 7) is 7.58. The third kappa shape index (κ3) is 4.10. The summed E-state index contributed by atoms with van der Waals surface area (Å²) in [5.41, 5.74) is 1.01. The summed E-state index contributed by atoms with van der Waals surface area (Å²) >= 11 is 0. The maximum absolute atomic E-state index is 5.56. The number of hydrogen-bond donors (Lipinski definition) is 1. The lowest BCUT2D eigenvalue weighted by molar-refractivity contribution is 0.170. The van der Waals surface area contributed by atoms with Gasteiger partial charge >= 0.3 is 0 Å². The molecule has 4 heteroatoms. The molecule has 0 bridgehead atoms. The highest BCUT2D eigenvalue weighted by atomic mass is 16.6. The van der Waals surface area contributed by atoms with Crippen molar-refractivity contribution in [3.8, 4) is 11.5 Å². The fourth-order valence-electron chi connectivity index (χ4n) is 2.35. The smallest absolute Gasteiger partial charge is 0.179 e. The molecule has 4 nitrogen and oxygen atoms in total. The molecule has 106 valence electrons. The molecule has 1 atom stereocenters. The van der Waals surface area contributed by atoms with Gasteiger partial charge in [-0.25, -0.2) is 0 Å². The molecule has 0 saturated carbocycles. The van der Waals surface area contributed by atoms with Crippen molar-refractivity contribution < 1.29 is 9.47 Å². The summed E-state index contributed by atoms with van der Waals surface area (Å²) in [5, 5.41) is 3.49. The van der Waals surface area contributed by atoms with Crippen LogP contribution in [0.3, 0.4) is 0 Å². The minimum Gasteiger partial charge on any atom is -0.486 e. The van der Waals surface area contributed by atoms with E-state index in [1.165, 1.54) is 19.3 Å². The van der Waals surface area contributed by atoms with Crippen molar-refractivity contribution in [2.45, 2.75) is 39.7 Å². The summed E-state index contributed by atoms with van der Waals surface area (Å²) in [5.74, 6) is 2.34. The molecule has 1 aromatic heterocycles. The number of nitrogens with zero attached hydrogens (tertiary/aromatic N) is 1. The lowest BCUT2D eigenvalue weighted by Gasteiger charge is -2.19. The molecule has 1 aliphatic rings. The quantitative estimate of drug-likeness (QED) is 0.822. The molecular weight excluding hydrogens is 240 g/mol. The number of fused-ring (bicyclic) bond motifs is 1. The van der Waals surface area contributed by atoms with Gasteiger partial charge in [-0.05, 0) is 18.9 Å². The van der Waals surface area contributed by atoms with Gasteiger partial charge in [0.05, 0.1) is 11.9 Å². The Balaban J connectivity index is 1.82. The lowest BCUT2D eigenvalue weighted by atomic mass is 10.0. The zero-order valence-corrected chi connectivity index (χ0v) is 11.9. The standard InChI is InChI=1S/C15H24N2O2/c1-3-5-12(4-2)9-16-10-13-8-14-15(11-17-13)19-7-6-18-14/h8,11-12,16H,3-7,9-10H2,1-2H3. The average molecular weight is 264 g/mol. The first-order chi connectivity index (χ1) is 9.33. The fourth-order valence-corrected chi connectivity index (χ4v) is 2.35. The van der Waals surface area contributed by atoms with E-state index in [1.807, 2.05) is 6.07 Å². The minimum absolute atomic E-state index is 0.613. The van der Waals surface area contributed by atoms with E-state index in [4.69, 9.17) is 9.47 Å². The first-order valence-corrected chi connectivity index (χ1v) is 7.28. The fraction of sp³-hybridized carbons (Fsp3) is 0.667. The zero-order valence-electron chi connectivity index (χ0n) is 11.9. The molecular formula is C15H24N2O2. The molecule has 19 heavy (non-hydrogen) atoms. The number of nitrogens with one attached hydrogen (secondary N) is 1. The van der Waals surface area contributed by atoms with E-state index in [1.54, 1.807) is 6.20 Å². The maximum atomic E-state index is 5.56. The van der Waals surface area contributed by atoms with Gasteiger partial charge in [0.15, 0.2) is 11.5 Å². The van der Waals surface area contributed by atoms with Crippen molar-refractivity contribution in [3.63, 3.8) is 0 Å². The second-order valence-electron chi connectivity index (χ2n) is 5.01. The van der Waals surface area contributed by atoms with Crippen LogP contribution in [0.15, 0.2) is 12.3 Å². The van der Waals surface area contributed by atoms with E-state index in [0.29, 0.717) is 13.2 Å². The van der Waals surface area contributed by atoms with Crippen LogP contribution in [0.25, 0.3) is 0 Å². The van der Waals surface area contributed by atoms with Gasteiger partial charge in [0.25, 0.3) is 0 Å². The monoisotopic (exact) mass is 264 g/mol. The Hall–Kier alpha value is -1.29. The van der Waals surface area contributed by atoms with Crippen LogP contribution in [0.2, 0.25) is 0 Å². The predicted molar refractivity (Wildman–Crippen MR) is 75.6 cm³/mol. The molecule has 0 aromatic carbocycles. The Bertz CT molecular complexity index is 396. The van der Waals surface area contributed by atoms with Gasteiger partial charge < -0.3 is 14.8 Å². The molecule has 1 unspecified atom stereocenters. The number of aromatic nitrogens is 1. The van der Waals surface area contributed by atoms with Crippen LogP contribution in [-0.2, 0) is 6.54 Å². The minimum atomic E-state index is 0.613. The van der Waals surface area contributed by atoms with Crippen LogP contribution < -0.4 is 14.8 Å². The highest BCUT2D eigenvalue weighted by molar-refractivity contribution is 5.39. The summed E-state index contributed by atoms with van der Waals surface area (Å²) in [4.78, 5) is 4.39. The number of rotatable bonds is 7. The van der Waals surface area contributed by atoms with Gasteiger partial charge in [-0.2, -0.15) is 0 Å². The van der Waals surface area contributed by atoms with Crippen molar-refractivity contribution in [1.29, 1.82) is 0 Å². The predicted octanol–water partition coefficient (Wildman–Crippen LogP) is 2.77. The van der Waals surface area contributed by atoms with Gasteiger partial charge in [-0.3, -0.25) is 4.98 Å². The Morgan fingerprint density at radius 1 is 1.26 bits per heavy atom. The van der Waals surface area contributed by atoms with E-state index in [2.05, 4.69) is 24.1 Å². The lowest BCUT2D eigenvalue weighted by Crippen LogP contribution is -2.23. The number of hydrogen-bond acceptors (Lipinski definition) is 4. The molecule has 1 aromatic rings. The molecule has 0 amide bonds. The second kappa shape index (κ2) is 7.34. The van der Waals surface area contributed by atoms with Crippen molar-refractivity contribution in [3.05, 3.63) is 18.0 Å². The highest BCUT2D eigenvalue weighted by Gasteiger charge is 2.12. The summed E-state index contributed by atoms with van der Waals surface area (Å²) in [7, 11) is 0. The number of ether oxygens (including phenoxy) is 2. The maximum Gasteiger partial charge on any atom is 0.179 e. The van der Waals surface area contributed by atoms with E-state index in [0.717, 1.165) is 36.2 Å². The van der Waals surface area contributed by atoms with Gasteiger partial charge in [0.1, 0.15) is 13.2 Å². The SMILES string of the molecule is CCCC(CC)CNCc1cc2c(cn1)OCCO2. The molecule has 1 N–H and O–H groups in total. The van der Waals surface area contributed by atoms with Crippen molar-refractivity contribution >= 4 is 0 Å². The van der Waals surface area contributed by atoms with Crippen LogP contribution >= 0.6 is 0 Å². The largest absolute Gasteiger partial charge is 0.486 e. The normalized spacial score (nSPS) is 15.3. The average Bonchev–Trinajstić information content (AvgIpc) is 2.46. The van der Waals surface area contributed by atoms with Gasteiger partial charge in [0, 0.05) is 12.6 Å². The van der Waals surface area contributed by atoms with E-state index >= 15 is 0 Å². The Morgan fingerprint density at radius 3 is 2.79 bits per heavy atom. The topological polar surface area (TPSA) is 43.4 Å². The number of pyridine rings is 1. The third-order valence-corrected chi connectivity index (χ3v) is 3.50. The van der Waals surface area contributed by atoms with Gasteiger partial charge in [0.2, 0.25) is 0 Å². The molecule has 0 radical (unpaired) electrons. The second-order valence-corrected chi connectivity index (χ2v) is 5.01. The zero-order chi connectivity index (χ0) is 13.5. The van der Waals surface area contributed by atoms with Crippen LogP contribution in [0, 0.1) is 5.92 Å². The van der Waals surface area contributed by atoms with E-state index in [9.17, 15) is 0 Å². The van der Waals surface area contributed by atoms with Gasteiger partial charge in [-0.15, -0.1) is 0 Å². The Labute approximate surface area is 115 Å². The van der Waals surface area contributed by atoms with E-state index in [-0.39, 0.29) is 0 Å². The van der Waals surface area contributed by atoms with E-state index < -0.39 is 0 Å². The molecule has 0 spiro atoms. The van der Waals surface area contributed by atoms with Crippen LogP contribution in [0.5, 0.6) is 11.5 Å². The van der Waals surface area contributed by atoms with Crippen molar-refractivity contribution in [1.82, 2.24) is 10.3 Å². The molecule has 1 aliphatic heterocycles. The summed E-state index contributed by atoms with van der Waals surface area (Å²) < 4.78 is 11.0. The van der Waals surface area contributed by atoms with Crippen molar-refractivity contribution in [2.75, 3.05) is 19.8 Å². The molecule has 0 aliphatic carbocycles. The third-order valence-electron chi connectivity index (χ3n) is 3.50. The Morgan fingerprint density at radius 2 is 2.05 bits per heavy atom. The molecule has 2 heterocycles. The van der Waals surface area contributed by atoms with Crippen LogP contribution in [0.1, 0.15) is 38.8 Å². The van der Waals surface area contributed by atoms with Crippen molar-refractivity contribution in [2.24, 2.45) is 5.92 Å². The summed E-state index contributed by atoms with van der Waals surface area (Å²) in [6.07, 6.45) is 5.53.